The Morgan fingerprint density at radius 2 is 2.00 bits per heavy atom. The monoisotopic (exact) mass is 320 g/mol. The molecule has 0 aliphatic carbocycles. The average Bonchev–Trinajstić information content (AvgIpc) is 2.42. The lowest BCUT2D eigenvalue weighted by Crippen LogP contribution is -2.26. The molecule has 1 aromatic rings. The number of nitriles is 1. The summed E-state index contributed by atoms with van der Waals surface area (Å²) in [6, 6.07) is 3.53. The summed E-state index contributed by atoms with van der Waals surface area (Å²) in [6.07, 6.45) is 0. The van der Waals surface area contributed by atoms with Gasteiger partial charge >= 0.3 is 5.97 Å². The normalized spacial score (nSPS) is 11.4. The molecule has 0 aliphatic rings. The largest absolute Gasteiger partial charge is 0.457 e. The molecule has 0 spiro atoms. The molecule has 8 heteroatoms. The van der Waals surface area contributed by atoms with Crippen molar-refractivity contribution < 1.29 is 14.3 Å². The minimum atomic E-state index is -1.16. The molecule has 1 atom stereocenters. The van der Waals surface area contributed by atoms with Crippen molar-refractivity contribution in [3.63, 3.8) is 0 Å². The van der Waals surface area contributed by atoms with Crippen LogP contribution in [0.1, 0.15) is 18.3 Å². The molecule has 0 amide bonds. The summed E-state index contributed by atoms with van der Waals surface area (Å²) in [5.41, 5.74) is 1.54. The van der Waals surface area contributed by atoms with E-state index in [4.69, 9.17) is 15.4 Å². The van der Waals surface area contributed by atoms with Crippen LogP contribution in [0.25, 0.3) is 0 Å². The van der Waals surface area contributed by atoms with E-state index in [2.05, 4.69) is 9.97 Å². The summed E-state index contributed by atoms with van der Waals surface area (Å²) in [5, 5.41) is 16.5. The van der Waals surface area contributed by atoms with Gasteiger partial charge in [-0.25, -0.2) is 9.97 Å². The van der Waals surface area contributed by atoms with Gasteiger partial charge in [-0.05, 0) is 26.8 Å². The zero-order chi connectivity index (χ0) is 16.7. The van der Waals surface area contributed by atoms with E-state index in [9.17, 15) is 9.59 Å². The number of ketones is 1. The summed E-state index contributed by atoms with van der Waals surface area (Å²) in [5.74, 6) is -2.39. The van der Waals surface area contributed by atoms with Crippen molar-refractivity contribution in [1.82, 2.24) is 9.97 Å². The summed E-state index contributed by atoms with van der Waals surface area (Å²) in [7, 11) is 0. The van der Waals surface area contributed by atoms with Gasteiger partial charge in [-0.2, -0.15) is 5.26 Å². The number of aryl methyl sites for hydroxylation is 2. The number of nitrogens with zero attached hydrogens (tertiary/aromatic N) is 3. The third-order valence-corrected chi connectivity index (χ3v) is 3.36. The van der Waals surface area contributed by atoms with Crippen LogP contribution in [0.5, 0.6) is 0 Å². The maximum Gasteiger partial charge on any atom is 0.316 e. The quantitative estimate of drug-likeness (QED) is 0.350. The van der Waals surface area contributed by atoms with Crippen molar-refractivity contribution in [2.75, 3.05) is 12.4 Å². The minimum absolute atomic E-state index is 0.0308. The lowest BCUT2D eigenvalue weighted by molar-refractivity contribution is -0.145. The van der Waals surface area contributed by atoms with E-state index < -0.39 is 24.3 Å². The second-order valence-corrected chi connectivity index (χ2v) is 5.54. The zero-order valence-corrected chi connectivity index (χ0v) is 13.4. The number of Topliss-reactive ketones (excluding diaryl/α,β-unsaturated/α-hetero) is 1. The predicted molar refractivity (Wildman–Crippen MR) is 80.7 cm³/mol. The van der Waals surface area contributed by atoms with Crippen LogP contribution in [-0.4, -0.2) is 39.8 Å². The highest BCUT2D eigenvalue weighted by atomic mass is 32.2. The summed E-state index contributed by atoms with van der Waals surface area (Å²) >= 11 is 1.11. The molecule has 0 fully saturated rings. The molecular weight excluding hydrogens is 304 g/mol. The topological polar surface area (TPSA) is 117 Å². The van der Waals surface area contributed by atoms with Crippen molar-refractivity contribution in [1.29, 1.82) is 10.7 Å². The molecule has 0 bridgehead atoms. The third kappa shape index (κ3) is 5.61. The van der Waals surface area contributed by atoms with Crippen molar-refractivity contribution in [3.05, 3.63) is 17.5 Å². The first-order chi connectivity index (χ1) is 10.3. The van der Waals surface area contributed by atoms with Crippen LogP contribution >= 0.6 is 11.8 Å². The smallest absolute Gasteiger partial charge is 0.316 e. The van der Waals surface area contributed by atoms with Crippen LogP contribution in [-0.2, 0) is 14.3 Å². The number of thioether (sulfide) groups is 1. The Hall–Kier alpha value is -2.27. The lowest BCUT2D eigenvalue weighted by atomic mass is 10.0. The van der Waals surface area contributed by atoms with Crippen LogP contribution in [0.4, 0.5) is 0 Å². The summed E-state index contributed by atoms with van der Waals surface area (Å²) in [6.45, 7) is 4.51. The van der Waals surface area contributed by atoms with Gasteiger partial charge in [0.15, 0.2) is 17.5 Å². The SMILES string of the molecule is CC(=N)[C@@H](C#N)C(=O)COC(=O)CSc1nc(C)cc(C)n1. The molecular formula is C14H16N4O3S. The number of rotatable bonds is 7. The summed E-state index contributed by atoms with van der Waals surface area (Å²) in [4.78, 5) is 31.5. The Bertz CT molecular complexity index is 619. The number of esters is 1. The second-order valence-electron chi connectivity index (χ2n) is 4.59. The first-order valence-corrected chi connectivity index (χ1v) is 7.40. The Morgan fingerprint density at radius 3 is 2.50 bits per heavy atom. The van der Waals surface area contributed by atoms with Gasteiger partial charge in [0.1, 0.15) is 5.92 Å². The number of carbonyl (C=O) groups is 2. The molecule has 0 radical (unpaired) electrons. The second kappa shape index (κ2) is 8.24. The Labute approximate surface area is 132 Å². The van der Waals surface area contributed by atoms with E-state index in [1.807, 2.05) is 19.9 Å². The van der Waals surface area contributed by atoms with E-state index >= 15 is 0 Å². The van der Waals surface area contributed by atoms with Gasteiger partial charge in [-0.3, -0.25) is 9.59 Å². The maximum atomic E-state index is 11.6. The van der Waals surface area contributed by atoms with Gasteiger partial charge in [0.2, 0.25) is 0 Å². The highest BCUT2D eigenvalue weighted by molar-refractivity contribution is 7.99. The standard InChI is InChI=1S/C14H16N4O3S/c1-8-4-9(2)18-14(17-8)22-7-13(20)21-6-12(19)11(5-15)10(3)16/h4,11,16H,6-7H2,1-3H3/t11-/m1/s1. The van der Waals surface area contributed by atoms with E-state index in [1.54, 1.807) is 6.07 Å². The van der Waals surface area contributed by atoms with Gasteiger partial charge in [0, 0.05) is 17.1 Å². The van der Waals surface area contributed by atoms with E-state index in [0.29, 0.717) is 5.16 Å². The summed E-state index contributed by atoms with van der Waals surface area (Å²) < 4.78 is 4.81. The van der Waals surface area contributed by atoms with Crippen LogP contribution < -0.4 is 0 Å². The number of hydrogen-bond donors (Lipinski definition) is 1. The van der Waals surface area contributed by atoms with Gasteiger partial charge in [-0.15, -0.1) is 0 Å². The molecule has 1 aromatic heterocycles. The van der Waals surface area contributed by atoms with Crippen molar-refractivity contribution in [3.8, 4) is 6.07 Å². The fraction of sp³-hybridized carbons (Fsp3) is 0.429. The number of nitrogens with one attached hydrogen (secondary N) is 1. The lowest BCUT2D eigenvalue weighted by Gasteiger charge is -2.07. The van der Waals surface area contributed by atoms with Crippen molar-refractivity contribution >= 4 is 29.2 Å². The predicted octanol–water partition coefficient (Wildman–Crippen LogP) is 1.48. The van der Waals surface area contributed by atoms with Crippen molar-refractivity contribution in [2.45, 2.75) is 25.9 Å². The van der Waals surface area contributed by atoms with Gasteiger partial charge in [0.25, 0.3) is 0 Å². The molecule has 0 saturated carbocycles. The first-order valence-electron chi connectivity index (χ1n) is 6.41. The highest BCUT2D eigenvalue weighted by Gasteiger charge is 2.21. The average molecular weight is 320 g/mol. The Kier molecular flexibility index (Phi) is 6.66. The van der Waals surface area contributed by atoms with Crippen LogP contribution in [0.3, 0.4) is 0 Å². The molecule has 1 heterocycles. The Balaban J connectivity index is 2.45. The number of carbonyl (C=O) groups excluding carboxylic acids is 2. The molecule has 0 aromatic carbocycles. The van der Waals surface area contributed by atoms with Gasteiger partial charge in [-0.1, -0.05) is 11.8 Å². The molecule has 116 valence electrons. The van der Waals surface area contributed by atoms with Gasteiger partial charge < -0.3 is 10.1 Å². The minimum Gasteiger partial charge on any atom is -0.457 e. The molecule has 1 N–H and O–H groups in total. The molecule has 0 unspecified atom stereocenters. The molecule has 0 aliphatic heterocycles. The van der Waals surface area contributed by atoms with Crippen molar-refractivity contribution in [2.24, 2.45) is 5.92 Å². The van der Waals surface area contributed by atoms with Crippen LogP contribution in [0.2, 0.25) is 0 Å². The maximum absolute atomic E-state index is 11.6. The first kappa shape index (κ1) is 17.8. The van der Waals surface area contributed by atoms with Gasteiger partial charge in [0.05, 0.1) is 11.8 Å². The number of ether oxygens (including phenoxy) is 1. The molecule has 0 saturated heterocycles. The van der Waals surface area contributed by atoms with E-state index in [-0.39, 0.29) is 11.5 Å². The Morgan fingerprint density at radius 1 is 1.41 bits per heavy atom. The molecule has 7 nitrogen and oxygen atoms in total. The highest BCUT2D eigenvalue weighted by Crippen LogP contribution is 2.14. The zero-order valence-electron chi connectivity index (χ0n) is 12.5. The number of aromatic nitrogens is 2. The fourth-order valence-electron chi connectivity index (χ4n) is 1.57. The molecule has 22 heavy (non-hydrogen) atoms. The van der Waals surface area contributed by atoms with Crippen LogP contribution in [0, 0.1) is 36.5 Å². The van der Waals surface area contributed by atoms with E-state index in [0.717, 1.165) is 23.1 Å². The molecule has 1 rings (SSSR count). The van der Waals surface area contributed by atoms with Crippen LogP contribution in [0.15, 0.2) is 11.2 Å². The fourth-order valence-corrected chi connectivity index (χ4v) is 2.32. The third-order valence-electron chi connectivity index (χ3n) is 2.54. The number of hydrogen-bond acceptors (Lipinski definition) is 8. The van der Waals surface area contributed by atoms with E-state index in [1.165, 1.54) is 6.92 Å².